The van der Waals surface area contributed by atoms with E-state index in [2.05, 4.69) is 0 Å². The van der Waals surface area contributed by atoms with Crippen LogP contribution in [0.25, 0.3) is 0 Å². The first-order chi connectivity index (χ1) is 4.63. The molecular weight excluding hydrogens is 148 g/mol. The molecule has 2 nitrogen and oxygen atoms in total. The third-order valence-electron chi connectivity index (χ3n) is 1.63. The van der Waals surface area contributed by atoms with Gasteiger partial charge in [-0.3, -0.25) is 0 Å². The van der Waals surface area contributed by atoms with Crippen LogP contribution in [0.5, 0.6) is 0 Å². The molecule has 0 bridgehead atoms. The highest BCUT2D eigenvalue weighted by Gasteiger charge is 2.30. The van der Waals surface area contributed by atoms with Crippen molar-refractivity contribution in [2.75, 3.05) is 12.4 Å². The predicted octanol–water partition coefficient (Wildman–Crippen LogP) is 1.24. The maximum Gasteiger partial charge on any atom is 0.168 e. The van der Waals surface area contributed by atoms with E-state index in [1.165, 1.54) is 0 Å². The highest BCUT2D eigenvalue weighted by atomic mass is 32.2. The monoisotopic (exact) mass is 162 g/mol. The van der Waals surface area contributed by atoms with Crippen LogP contribution >= 0.6 is 11.8 Å². The van der Waals surface area contributed by atoms with Crippen LogP contribution in [-0.4, -0.2) is 28.5 Å². The smallest absolute Gasteiger partial charge is 0.168 e. The zero-order valence-corrected chi connectivity index (χ0v) is 7.28. The lowest BCUT2D eigenvalue weighted by Gasteiger charge is -2.26. The van der Waals surface area contributed by atoms with Crippen molar-refractivity contribution in [2.24, 2.45) is 0 Å². The fourth-order valence-corrected chi connectivity index (χ4v) is 1.86. The van der Waals surface area contributed by atoms with Gasteiger partial charge in [-0.05, 0) is 26.0 Å². The van der Waals surface area contributed by atoms with Crippen molar-refractivity contribution in [1.29, 1.82) is 0 Å². The second kappa shape index (κ2) is 3.11. The van der Waals surface area contributed by atoms with Crippen LogP contribution in [0.1, 0.15) is 20.3 Å². The van der Waals surface area contributed by atoms with E-state index in [1.807, 2.05) is 13.8 Å². The first kappa shape index (κ1) is 8.37. The van der Waals surface area contributed by atoms with Gasteiger partial charge in [-0.25, -0.2) is 0 Å². The molecule has 1 aliphatic heterocycles. The SMILES string of the molecule is CC1(C)SCCCOC1O. The lowest BCUT2D eigenvalue weighted by Crippen LogP contribution is -2.33. The van der Waals surface area contributed by atoms with Gasteiger partial charge in [-0.2, -0.15) is 11.8 Å². The van der Waals surface area contributed by atoms with Gasteiger partial charge in [-0.1, -0.05) is 0 Å². The van der Waals surface area contributed by atoms with Crippen molar-refractivity contribution in [3.05, 3.63) is 0 Å². The Hall–Kier alpha value is 0.270. The number of aliphatic hydroxyl groups excluding tert-OH is 1. The summed E-state index contributed by atoms with van der Waals surface area (Å²) in [6, 6.07) is 0. The highest BCUT2D eigenvalue weighted by Crippen LogP contribution is 2.31. The summed E-state index contributed by atoms with van der Waals surface area (Å²) in [4.78, 5) is 0. The standard InChI is InChI=1S/C7H14O2S/c1-7(2)6(8)9-4-3-5-10-7/h6,8H,3-5H2,1-2H3. The zero-order chi connectivity index (χ0) is 7.61. The summed E-state index contributed by atoms with van der Waals surface area (Å²) in [6.07, 6.45) is 0.450. The molecule has 0 saturated carbocycles. The van der Waals surface area contributed by atoms with Crippen molar-refractivity contribution in [2.45, 2.75) is 31.3 Å². The Kier molecular flexibility index (Phi) is 2.61. The normalized spacial score (nSPS) is 33.3. The minimum Gasteiger partial charge on any atom is -0.367 e. The minimum atomic E-state index is -0.597. The largest absolute Gasteiger partial charge is 0.367 e. The first-order valence-electron chi connectivity index (χ1n) is 3.56. The van der Waals surface area contributed by atoms with E-state index in [4.69, 9.17) is 4.74 Å². The molecule has 1 saturated heterocycles. The quantitative estimate of drug-likeness (QED) is 0.581. The number of thioether (sulfide) groups is 1. The molecule has 0 aromatic heterocycles. The number of hydrogen-bond donors (Lipinski definition) is 1. The summed E-state index contributed by atoms with van der Waals surface area (Å²) in [5, 5.41) is 9.37. The molecule has 10 heavy (non-hydrogen) atoms. The Labute approximate surface area is 66.0 Å². The van der Waals surface area contributed by atoms with Crippen molar-refractivity contribution >= 4 is 11.8 Å². The molecule has 1 fully saturated rings. The molecule has 1 unspecified atom stereocenters. The Morgan fingerprint density at radius 2 is 2.30 bits per heavy atom. The summed E-state index contributed by atoms with van der Waals surface area (Å²) in [6.45, 7) is 4.71. The molecule has 0 amide bonds. The van der Waals surface area contributed by atoms with E-state index >= 15 is 0 Å². The van der Waals surface area contributed by atoms with Crippen LogP contribution in [0.15, 0.2) is 0 Å². The third kappa shape index (κ3) is 1.87. The molecule has 1 rings (SSSR count). The van der Waals surface area contributed by atoms with Gasteiger partial charge >= 0.3 is 0 Å². The van der Waals surface area contributed by atoms with Crippen molar-refractivity contribution in [3.8, 4) is 0 Å². The molecule has 60 valence electrons. The van der Waals surface area contributed by atoms with Gasteiger partial charge in [0.2, 0.25) is 0 Å². The third-order valence-corrected chi connectivity index (χ3v) is 3.07. The van der Waals surface area contributed by atoms with Crippen molar-refractivity contribution < 1.29 is 9.84 Å². The number of ether oxygens (including phenoxy) is 1. The zero-order valence-electron chi connectivity index (χ0n) is 6.46. The van der Waals surface area contributed by atoms with Gasteiger partial charge in [0.25, 0.3) is 0 Å². The second-order valence-electron chi connectivity index (χ2n) is 3.03. The van der Waals surface area contributed by atoms with Gasteiger partial charge in [0, 0.05) is 0 Å². The van der Waals surface area contributed by atoms with Gasteiger partial charge in [0.05, 0.1) is 11.4 Å². The molecule has 1 N–H and O–H groups in total. The van der Waals surface area contributed by atoms with Gasteiger partial charge in [0.1, 0.15) is 0 Å². The number of aliphatic hydroxyl groups is 1. The summed E-state index contributed by atoms with van der Waals surface area (Å²) < 4.78 is 5.02. The van der Waals surface area contributed by atoms with E-state index < -0.39 is 6.29 Å². The van der Waals surface area contributed by atoms with E-state index in [0.29, 0.717) is 6.61 Å². The molecule has 0 aromatic carbocycles. The van der Waals surface area contributed by atoms with E-state index in [9.17, 15) is 5.11 Å². The van der Waals surface area contributed by atoms with Crippen LogP contribution in [0.2, 0.25) is 0 Å². The predicted molar refractivity (Wildman–Crippen MR) is 43.1 cm³/mol. The van der Waals surface area contributed by atoms with Gasteiger partial charge in [0.15, 0.2) is 6.29 Å². The Bertz CT molecular complexity index is 114. The van der Waals surface area contributed by atoms with Gasteiger partial charge < -0.3 is 9.84 Å². The van der Waals surface area contributed by atoms with Crippen LogP contribution in [-0.2, 0) is 4.74 Å². The van der Waals surface area contributed by atoms with E-state index in [0.717, 1.165) is 12.2 Å². The topological polar surface area (TPSA) is 29.5 Å². The lowest BCUT2D eigenvalue weighted by atomic mass is 10.2. The van der Waals surface area contributed by atoms with E-state index in [-0.39, 0.29) is 4.75 Å². The maximum atomic E-state index is 9.37. The first-order valence-corrected chi connectivity index (χ1v) is 4.55. The molecule has 1 atom stereocenters. The molecule has 0 spiro atoms. The molecule has 3 heteroatoms. The maximum absolute atomic E-state index is 9.37. The van der Waals surface area contributed by atoms with Crippen LogP contribution < -0.4 is 0 Å². The lowest BCUT2D eigenvalue weighted by molar-refractivity contribution is -0.112. The average Bonchev–Trinajstić information content (AvgIpc) is 1.96. The van der Waals surface area contributed by atoms with E-state index in [1.54, 1.807) is 11.8 Å². The molecule has 0 aromatic rings. The van der Waals surface area contributed by atoms with Gasteiger partial charge in [-0.15, -0.1) is 0 Å². The average molecular weight is 162 g/mol. The molecule has 1 aliphatic rings. The molecule has 0 radical (unpaired) electrons. The fourth-order valence-electron chi connectivity index (χ4n) is 0.861. The Morgan fingerprint density at radius 3 is 3.00 bits per heavy atom. The summed E-state index contributed by atoms with van der Waals surface area (Å²) in [5.74, 6) is 1.09. The summed E-state index contributed by atoms with van der Waals surface area (Å²) in [7, 11) is 0. The van der Waals surface area contributed by atoms with Crippen LogP contribution in [0.3, 0.4) is 0 Å². The Balaban J connectivity index is 2.52. The number of hydrogen-bond acceptors (Lipinski definition) is 3. The van der Waals surface area contributed by atoms with Crippen LogP contribution in [0.4, 0.5) is 0 Å². The number of rotatable bonds is 0. The fraction of sp³-hybridized carbons (Fsp3) is 1.00. The molecule has 1 heterocycles. The second-order valence-corrected chi connectivity index (χ2v) is 4.78. The van der Waals surface area contributed by atoms with Crippen molar-refractivity contribution in [3.63, 3.8) is 0 Å². The summed E-state index contributed by atoms with van der Waals surface area (Å²) >= 11 is 1.77. The summed E-state index contributed by atoms with van der Waals surface area (Å²) in [5.41, 5.74) is 0. The molecule has 0 aliphatic carbocycles. The molecular formula is C7H14O2S. The van der Waals surface area contributed by atoms with Crippen molar-refractivity contribution in [1.82, 2.24) is 0 Å². The van der Waals surface area contributed by atoms with Crippen LogP contribution in [0, 0.1) is 0 Å². The Morgan fingerprint density at radius 1 is 1.60 bits per heavy atom. The minimum absolute atomic E-state index is 0.128. The highest BCUT2D eigenvalue weighted by molar-refractivity contribution is 8.00.